The fraction of sp³-hybridized carbons (Fsp3) is 1.00. The molecule has 1 aliphatic carbocycles. The highest BCUT2D eigenvalue weighted by molar-refractivity contribution is 7.87. The Bertz CT molecular complexity index is 308. The van der Waals surface area contributed by atoms with E-state index in [0.29, 0.717) is 12.8 Å². The Hall–Kier alpha value is -0.170. The van der Waals surface area contributed by atoms with Crippen molar-refractivity contribution >= 4 is 10.2 Å². The van der Waals surface area contributed by atoms with E-state index in [4.69, 9.17) is 0 Å². The average molecular weight is 250 g/mol. The van der Waals surface area contributed by atoms with Gasteiger partial charge < -0.3 is 5.11 Å². The van der Waals surface area contributed by atoms with Crippen molar-refractivity contribution in [2.75, 3.05) is 6.61 Å². The highest BCUT2D eigenvalue weighted by Crippen LogP contribution is 2.28. The van der Waals surface area contributed by atoms with E-state index in [-0.39, 0.29) is 12.6 Å². The van der Waals surface area contributed by atoms with E-state index >= 15 is 0 Å². The molecule has 1 rings (SSSR count). The summed E-state index contributed by atoms with van der Waals surface area (Å²) in [7, 11) is -3.51. The fourth-order valence-electron chi connectivity index (χ4n) is 2.15. The van der Waals surface area contributed by atoms with Gasteiger partial charge in [-0.3, -0.25) is 0 Å². The first kappa shape index (κ1) is 13.9. The zero-order valence-corrected chi connectivity index (χ0v) is 10.8. The molecule has 0 atom stereocenters. The first-order valence-corrected chi connectivity index (χ1v) is 7.30. The van der Waals surface area contributed by atoms with Gasteiger partial charge in [-0.2, -0.15) is 17.9 Å². The number of aliphatic hydroxyl groups is 1. The SMILES string of the molecule is CC(C)NS(=O)(=O)NC1(CO)CCCCC1. The quantitative estimate of drug-likeness (QED) is 0.665. The Morgan fingerprint density at radius 2 is 1.81 bits per heavy atom. The number of hydrogen-bond donors (Lipinski definition) is 3. The van der Waals surface area contributed by atoms with Gasteiger partial charge in [0.2, 0.25) is 0 Å². The van der Waals surface area contributed by atoms with Gasteiger partial charge in [-0.05, 0) is 26.7 Å². The van der Waals surface area contributed by atoms with Gasteiger partial charge in [-0.15, -0.1) is 0 Å². The number of rotatable bonds is 5. The van der Waals surface area contributed by atoms with Gasteiger partial charge in [0, 0.05) is 6.04 Å². The van der Waals surface area contributed by atoms with E-state index in [1.54, 1.807) is 13.8 Å². The van der Waals surface area contributed by atoms with Crippen LogP contribution in [0, 0.1) is 0 Å². The Labute approximate surface area is 97.8 Å². The molecule has 0 unspecified atom stereocenters. The molecule has 16 heavy (non-hydrogen) atoms. The molecule has 0 saturated heterocycles. The van der Waals surface area contributed by atoms with Gasteiger partial charge >= 0.3 is 0 Å². The zero-order chi connectivity index (χ0) is 12.2. The lowest BCUT2D eigenvalue weighted by molar-refractivity contribution is 0.141. The molecule has 0 radical (unpaired) electrons. The van der Waals surface area contributed by atoms with Crippen molar-refractivity contribution in [1.29, 1.82) is 0 Å². The molecule has 0 amide bonds. The minimum Gasteiger partial charge on any atom is -0.394 e. The van der Waals surface area contributed by atoms with E-state index in [1.165, 1.54) is 0 Å². The third kappa shape index (κ3) is 4.01. The molecule has 0 spiro atoms. The number of hydrogen-bond acceptors (Lipinski definition) is 3. The third-order valence-corrected chi connectivity index (χ3v) is 4.34. The molecular weight excluding hydrogens is 228 g/mol. The zero-order valence-electron chi connectivity index (χ0n) is 9.99. The smallest absolute Gasteiger partial charge is 0.277 e. The van der Waals surface area contributed by atoms with Gasteiger partial charge in [0.05, 0.1) is 12.1 Å². The summed E-state index contributed by atoms with van der Waals surface area (Å²) in [6.07, 6.45) is 4.46. The Balaban J connectivity index is 2.68. The summed E-state index contributed by atoms with van der Waals surface area (Å²) in [5, 5.41) is 9.38. The summed E-state index contributed by atoms with van der Waals surface area (Å²) in [6, 6.07) is -0.142. The van der Waals surface area contributed by atoms with E-state index in [1.807, 2.05) is 0 Å². The van der Waals surface area contributed by atoms with Crippen molar-refractivity contribution in [2.24, 2.45) is 0 Å². The summed E-state index contributed by atoms with van der Waals surface area (Å²) < 4.78 is 28.6. The van der Waals surface area contributed by atoms with Crippen LogP contribution < -0.4 is 9.44 Å². The first-order valence-electron chi connectivity index (χ1n) is 5.81. The van der Waals surface area contributed by atoms with Crippen LogP contribution in [0.2, 0.25) is 0 Å². The maximum absolute atomic E-state index is 11.7. The second-order valence-electron chi connectivity index (χ2n) is 4.88. The summed E-state index contributed by atoms with van der Waals surface area (Å²) in [5.41, 5.74) is -0.654. The predicted octanol–water partition coefficient (Wildman–Crippen LogP) is 0.514. The van der Waals surface area contributed by atoms with Crippen molar-refractivity contribution in [2.45, 2.75) is 57.5 Å². The molecule has 3 N–H and O–H groups in total. The maximum atomic E-state index is 11.7. The first-order chi connectivity index (χ1) is 7.39. The summed E-state index contributed by atoms with van der Waals surface area (Å²) in [6.45, 7) is 3.41. The predicted molar refractivity (Wildman–Crippen MR) is 63.2 cm³/mol. The second kappa shape index (κ2) is 5.44. The minimum absolute atomic E-state index is 0.133. The molecule has 6 heteroatoms. The van der Waals surface area contributed by atoms with Crippen molar-refractivity contribution in [3.8, 4) is 0 Å². The van der Waals surface area contributed by atoms with Crippen LogP contribution >= 0.6 is 0 Å². The lowest BCUT2D eigenvalue weighted by Crippen LogP contribution is -2.56. The van der Waals surface area contributed by atoms with Crippen molar-refractivity contribution in [3.63, 3.8) is 0 Å². The van der Waals surface area contributed by atoms with Crippen LogP contribution in [0.25, 0.3) is 0 Å². The average Bonchev–Trinajstić information content (AvgIpc) is 2.16. The topological polar surface area (TPSA) is 78.4 Å². The van der Waals surface area contributed by atoms with Crippen LogP contribution in [0.4, 0.5) is 0 Å². The number of nitrogens with one attached hydrogen (secondary N) is 2. The normalized spacial score (nSPS) is 21.2. The molecular formula is C10H22N2O3S. The van der Waals surface area contributed by atoms with Gasteiger partial charge in [0.1, 0.15) is 0 Å². The van der Waals surface area contributed by atoms with E-state index in [9.17, 15) is 13.5 Å². The van der Waals surface area contributed by atoms with Crippen LogP contribution in [0.5, 0.6) is 0 Å². The lowest BCUT2D eigenvalue weighted by Gasteiger charge is -2.36. The third-order valence-electron chi connectivity index (χ3n) is 2.86. The van der Waals surface area contributed by atoms with Crippen LogP contribution in [0.1, 0.15) is 46.0 Å². The van der Waals surface area contributed by atoms with E-state index in [2.05, 4.69) is 9.44 Å². The molecule has 96 valence electrons. The van der Waals surface area contributed by atoms with E-state index < -0.39 is 15.7 Å². The Morgan fingerprint density at radius 1 is 1.25 bits per heavy atom. The van der Waals surface area contributed by atoms with Gasteiger partial charge in [-0.1, -0.05) is 19.3 Å². The standard InChI is InChI=1S/C10H22N2O3S/c1-9(2)11-16(14,15)12-10(8-13)6-4-3-5-7-10/h9,11-13H,3-8H2,1-2H3. The summed E-state index contributed by atoms with van der Waals surface area (Å²) in [4.78, 5) is 0. The maximum Gasteiger partial charge on any atom is 0.277 e. The van der Waals surface area contributed by atoms with E-state index in [0.717, 1.165) is 19.3 Å². The Morgan fingerprint density at radius 3 is 2.25 bits per heavy atom. The Kier molecular flexibility index (Phi) is 4.73. The molecule has 0 aromatic heterocycles. The molecule has 0 bridgehead atoms. The minimum atomic E-state index is -3.51. The molecule has 0 heterocycles. The molecule has 1 fully saturated rings. The molecule has 0 aromatic carbocycles. The van der Waals surface area contributed by atoms with Gasteiger partial charge in [0.15, 0.2) is 0 Å². The molecule has 0 aliphatic heterocycles. The molecule has 1 aliphatic rings. The molecule has 0 aromatic rings. The van der Waals surface area contributed by atoms with Crippen LogP contribution in [-0.2, 0) is 10.2 Å². The molecule has 1 saturated carbocycles. The van der Waals surface area contributed by atoms with Crippen molar-refractivity contribution in [3.05, 3.63) is 0 Å². The largest absolute Gasteiger partial charge is 0.394 e. The van der Waals surface area contributed by atoms with Crippen LogP contribution in [0.15, 0.2) is 0 Å². The summed E-state index contributed by atoms with van der Waals surface area (Å²) >= 11 is 0. The molecule has 5 nitrogen and oxygen atoms in total. The number of aliphatic hydroxyl groups excluding tert-OH is 1. The van der Waals surface area contributed by atoms with Gasteiger partial charge in [-0.25, -0.2) is 0 Å². The van der Waals surface area contributed by atoms with Crippen molar-refractivity contribution in [1.82, 2.24) is 9.44 Å². The van der Waals surface area contributed by atoms with Crippen LogP contribution in [-0.4, -0.2) is 31.7 Å². The summed E-state index contributed by atoms with van der Waals surface area (Å²) in [5.74, 6) is 0. The fourth-order valence-corrected chi connectivity index (χ4v) is 3.66. The second-order valence-corrected chi connectivity index (χ2v) is 6.32. The lowest BCUT2D eigenvalue weighted by atomic mass is 9.83. The van der Waals surface area contributed by atoms with Gasteiger partial charge in [0.25, 0.3) is 10.2 Å². The highest BCUT2D eigenvalue weighted by atomic mass is 32.2. The monoisotopic (exact) mass is 250 g/mol. The van der Waals surface area contributed by atoms with Crippen molar-refractivity contribution < 1.29 is 13.5 Å². The van der Waals surface area contributed by atoms with Crippen LogP contribution in [0.3, 0.4) is 0 Å². The highest BCUT2D eigenvalue weighted by Gasteiger charge is 2.35.